The third-order valence-electron chi connectivity index (χ3n) is 2.90. The molecule has 1 saturated heterocycles. The van der Waals surface area contributed by atoms with E-state index in [2.05, 4.69) is 13.8 Å². The van der Waals surface area contributed by atoms with Gasteiger partial charge in [-0.3, -0.25) is 0 Å². The maximum Gasteiger partial charge on any atom is 0.186 e. The molecule has 5 heteroatoms. The van der Waals surface area contributed by atoms with Crippen LogP contribution in [0.2, 0.25) is 0 Å². The second-order valence-electron chi connectivity index (χ2n) is 4.83. The minimum absolute atomic E-state index is 0.330. The van der Waals surface area contributed by atoms with Crippen LogP contribution in [0.4, 0.5) is 0 Å². The van der Waals surface area contributed by atoms with Gasteiger partial charge in [-0.05, 0) is 12.8 Å². The van der Waals surface area contributed by atoms with Gasteiger partial charge in [0.25, 0.3) is 0 Å². The Labute approximate surface area is 103 Å². The van der Waals surface area contributed by atoms with Gasteiger partial charge in [0.2, 0.25) is 0 Å². The number of aliphatic hydroxyl groups is 1. The van der Waals surface area contributed by atoms with Crippen molar-refractivity contribution in [1.82, 2.24) is 0 Å². The minimum atomic E-state index is -0.705. The molecule has 0 spiro atoms. The fraction of sp³-hybridized carbons (Fsp3) is 1.00. The Morgan fingerprint density at radius 1 is 1.18 bits per heavy atom. The van der Waals surface area contributed by atoms with Gasteiger partial charge in [0.1, 0.15) is 18.3 Å². The zero-order chi connectivity index (χ0) is 13.0. The van der Waals surface area contributed by atoms with Crippen LogP contribution in [0.3, 0.4) is 0 Å². The fourth-order valence-corrected chi connectivity index (χ4v) is 1.93. The van der Waals surface area contributed by atoms with Crippen LogP contribution < -0.4 is 0 Å². The smallest absolute Gasteiger partial charge is 0.186 e. The van der Waals surface area contributed by atoms with E-state index in [0.29, 0.717) is 12.5 Å². The number of aliphatic hydroxyl groups excluding tert-OH is 1. The SMILES string of the molecule is CO[C@@H]1[C@H](O)[C@@H](C)OC(OCC(C)C)[C@@H]1OC. The average Bonchev–Trinajstić information content (AvgIpc) is 2.29. The molecule has 1 aliphatic rings. The molecule has 1 heterocycles. The molecule has 0 aromatic rings. The molecule has 0 aromatic heterocycles. The molecule has 0 radical (unpaired) electrons. The van der Waals surface area contributed by atoms with E-state index in [1.165, 1.54) is 0 Å². The third-order valence-corrected chi connectivity index (χ3v) is 2.90. The van der Waals surface area contributed by atoms with Crippen LogP contribution in [0.1, 0.15) is 20.8 Å². The third kappa shape index (κ3) is 3.63. The highest BCUT2D eigenvalue weighted by molar-refractivity contribution is 4.89. The molecule has 5 nitrogen and oxygen atoms in total. The summed E-state index contributed by atoms with van der Waals surface area (Å²) < 4.78 is 21.9. The molecule has 0 amide bonds. The van der Waals surface area contributed by atoms with E-state index in [9.17, 15) is 5.11 Å². The van der Waals surface area contributed by atoms with Crippen LogP contribution in [-0.2, 0) is 18.9 Å². The summed E-state index contributed by atoms with van der Waals surface area (Å²) in [4.78, 5) is 0. The Hall–Kier alpha value is -0.200. The van der Waals surface area contributed by atoms with Gasteiger partial charge in [0.15, 0.2) is 6.29 Å². The lowest BCUT2D eigenvalue weighted by atomic mass is 9.99. The molecule has 5 atom stereocenters. The Morgan fingerprint density at radius 2 is 1.76 bits per heavy atom. The van der Waals surface area contributed by atoms with E-state index >= 15 is 0 Å². The first kappa shape index (κ1) is 14.9. The predicted octanol–water partition coefficient (Wildman–Crippen LogP) is 0.795. The molecular weight excluding hydrogens is 224 g/mol. The summed E-state index contributed by atoms with van der Waals surface area (Å²) in [6.07, 6.45) is -2.37. The number of ether oxygens (including phenoxy) is 4. The molecule has 1 fully saturated rings. The molecule has 1 rings (SSSR count). The molecule has 1 unspecified atom stereocenters. The first-order valence-electron chi connectivity index (χ1n) is 6.02. The summed E-state index contributed by atoms with van der Waals surface area (Å²) in [6.45, 7) is 6.52. The Bertz CT molecular complexity index is 221. The van der Waals surface area contributed by atoms with Crippen molar-refractivity contribution in [3.63, 3.8) is 0 Å². The highest BCUT2D eigenvalue weighted by Crippen LogP contribution is 2.26. The first-order chi connectivity index (χ1) is 8.01. The van der Waals surface area contributed by atoms with Crippen LogP contribution in [0.25, 0.3) is 0 Å². The van der Waals surface area contributed by atoms with E-state index in [1.54, 1.807) is 21.1 Å². The van der Waals surface area contributed by atoms with Gasteiger partial charge < -0.3 is 24.1 Å². The number of rotatable bonds is 5. The lowest BCUT2D eigenvalue weighted by molar-refractivity contribution is -0.303. The van der Waals surface area contributed by atoms with Crippen molar-refractivity contribution in [2.45, 2.75) is 51.5 Å². The fourth-order valence-electron chi connectivity index (χ4n) is 1.93. The van der Waals surface area contributed by atoms with Crippen LogP contribution in [0, 0.1) is 5.92 Å². The summed E-state index contributed by atoms with van der Waals surface area (Å²) in [6, 6.07) is 0. The van der Waals surface area contributed by atoms with Crippen molar-refractivity contribution in [3.8, 4) is 0 Å². The van der Waals surface area contributed by atoms with E-state index in [1.807, 2.05) is 0 Å². The van der Waals surface area contributed by atoms with E-state index in [4.69, 9.17) is 18.9 Å². The van der Waals surface area contributed by atoms with E-state index in [0.717, 1.165) is 0 Å². The zero-order valence-corrected chi connectivity index (χ0v) is 11.3. The predicted molar refractivity (Wildman–Crippen MR) is 62.7 cm³/mol. The van der Waals surface area contributed by atoms with Gasteiger partial charge in [0.05, 0.1) is 12.7 Å². The monoisotopic (exact) mass is 248 g/mol. The van der Waals surface area contributed by atoms with Gasteiger partial charge in [-0.1, -0.05) is 13.8 Å². The van der Waals surface area contributed by atoms with Gasteiger partial charge >= 0.3 is 0 Å². The molecule has 0 aliphatic carbocycles. The van der Waals surface area contributed by atoms with Gasteiger partial charge in [-0.25, -0.2) is 0 Å². The van der Waals surface area contributed by atoms with Crippen molar-refractivity contribution in [1.29, 1.82) is 0 Å². The van der Waals surface area contributed by atoms with Crippen molar-refractivity contribution in [2.24, 2.45) is 5.92 Å². The lowest BCUT2D eigenvalue weighted by Gasteiger charge is -2.42. The maximum atomic E-state index is 9.95. The average molecular weight is 248 g/mol. The first-order valence-corrected chi connectivity index (χ1v) is 6.02. The molecule has 0 bridgehead atoms. The Balaban J connectivity index is 2.67. The number of methoxy groups -OCH3 is 2. The lowest BCUT2D eigenvalue weighted by Crippen LogP contribution is -2.58. The summed E-state index contributed by atoms with van der Waals surface area (Å²) >= 11 is 0. The molecule has 102 valence electrons. The zero-order valence-electron chi connectivity index (χ0n) is 11.3. The Kier molecular flexibility index (Phi) is 5.82. The highest BCUT2D eigenvalue weighted by atomic mass is 16.7. The van der Waals surface area contributed by atoms with Gasteiger partial charge in [-0.2, -0.15) is 0 Å². The van der Waals surface area contributed by atoms with Crippen LogP contribution in [-0.4, -0.2) is 56.6 Å². The second-order valence-corrected chi connectivity index (χ2v) is 4.83. The number of hydrogen-bond acceptors (Lipinski definition) is 5. The summed E-state index contributed by atoms with van der Waals surface area (Å²) in [5.74, 6) is 0.416. The number of hydrogen-bond donors (Lipinski definition) is 1. The van der Waals surface area contributed by atoms with Crippen molar-refractivity contribution in [3.05, 3.63) is 0 Å². The van der Waals surface area contributed by atoms with Crippen LogP contribution in [0.5, 0.6) is 0 Å². The van der Waals surface area contributed by atoms with Gasteiger partial charge in [-0.15, -0.1) is 0 Å². The largest absolute Gasteiger partial charge is 0.388 e. The van der Waals surface area contributed by atoms with Crippen molar-refractivity contribution < 1.29 is 24.1 Å². The quantitative estimate of drug-likeness (QED) is 0.779. The molecule has 1 aliphatic heterocycles. The second kappa shape index (κ2) is 6.66. The molecular formula is C12H24O5. The normalized spacial score (nSPS) is 38.6. The van der Waals surface area contributed by atoms with Crippen molar-refractivity contribution >= 4 is 0 Å². The highest BCUT2D eigenvalue weighted by Gasteiger charge is 2.44. The topological polar surface area (TPSA) is 57.2 Å². The molecule has 0 aromatic carbocycles. The molecule has 17 heavy (non-hydrogen) atoms. The Morgan fingerprint density at radius 3 is 2.24 bits per heavy atom. The standard InChI is InChI=1S/C12H24O5/c1-7(2)6-16-12-11(15-5)10(14-4)9(13)8(3)17-12/h7-13H,6H2,1-5H3/t8-,9-,10-,11-,12?/m1/s1. The van der Waals surface area contributed by atoms with Crippen LogP contribution >= 0.6 is 0 Å². The van der Waals surface area contributed by atoms with Gasteiger partial charge in [0, 0.05) is 14.2 Å². The van der Waals surface area contributed by atoms with E-state index in [-0.39, 0.29) is 6.10 Å². The minimum Gasteiger partial charge on any atom is -0.388 e. The molecule has 0 saturated carbocycles. The summed E-state index contributed by atoms with van der Waals surface area (Å²) in [7, 11) is 3.12. The maximum absolute atomic E-state index is 9.95. The van der Waals surface area contributed by atoms with E-state index < -0.39 is 24.6 Å². The summed E-state index contributed by atoms with van der Waals surface area (Å²) in [5.41, 5.74) is 0. The summed E-state index contributed by atoms with van der Waals surface area (Å²) in [5, 5.41) is 9.95. The van der Waals surface area contributed by atoms with Crippen molar-refractivity contribution in [2.75, 3.05) is 20.8 Å². The molecule has 1 N–H and O–H groups in total. The van der Waals surface area contributed by atoms with Crippen LogP contribution in [0.15, 0.2) is 0 Å².